The molecule has 1 heterocycles. The zero-order valence-corrected chi connectivity index (χ0v) is 14.3. The largest absolute Gasteiger partial charge is 0.451 e. The van der Waals surface area contributed by atoms with Crippen LogP contribution in [0.15, 0.2) is 48.5 Å². The Morgan fingerprint density at radius 1 is 1.15 bits per heavy atom. The number of amides is 2. The summed E-state index contributed by atoms with van der Waals surface area (Å²) in [4.78, 5) is 49.1. The predicted octanol–water partition coefficient (Wildman–Crippen LogP) is 1.93. The third kappa shape index (κ3) is 3.84. The normalized spacial score (nSPS) is 13.9. The molecule has 138 valence electrons. The first kappa shape index (κ1) is 18.2. The van der Waals surface area contributed by atoms with Gasteiger partial charge in [-0.05, 0) is 37.3 Å². The predicted molar refractivity (Wildman–Crippen MR) is 93.7 cm³/mol. The zero-order valence-electron chi connectivity index (χ0n) is 14.3. The smallest absolute Gasteiger partial charge is 0.326 e. The lowest BCUT2D eigenvalue weighted by atomic mass is 10.1. The van der Waals surface area contributed by atoms with Gasteiger partial charge in [0.05, 0.1) is 11.3 Å². The molecule has 2 aromatic rings. The average molecular weight is 370 g/mol. The van der Waals surface area contributed by atoms with Gasteiger partial charge in [0.15, 0.2) is 6.10 Å². The number of benzene rings is 2. The lowest BCUT2D eigenvalue weighted by molar-refractivity contribution is -0.152. The Labute approximate surface area is 153 Å². The second-order valence-electron chi connectivity index (χ2n) is 5.87. The van der Waals surface area contributed by atoms with Crippen molar-refractivity contribution < 1.29 is 28.3 Å². The number of fused-ring (bicyclic) bond motifs is 1. The Kier molecular flexibility index (Phi) is 4.98. The number of para-hydroxylation sites is 1. The number of hydrogen-bond donors (Lipinski definition) is 1. The molecule has 8 heteroatoms. The number of rotatable bonds is 5. The van der Waals surface area contributed by atoms with Crippen LogP contribution in [0.25, 0.3) is 0 Å². The number of carbonyl (C=O) groups excluding carboxylic acids is 4. The van der Waals surface area contributed by atoms with Crippen molar-refractivity contribution in [3.63, 3.8) is 0 Å². The number of nitrogens with zero attached hydrogens (tertiary/aromatic N) is 1. The fraction of sp³-hybridized carbons (Fsp3) is 0.158. The first-order chi connectivity index (χ1) is 12.9. The molecule has 0 unspecified atom stereocenters. The molecule has 2 amide bonds. The number of esters is 1. The van der Waals surface area contributed by atoms with E-state index >= 15 is 0 Å². The van der Waals surface area contributed by atoms with E-state index in [1.54, 1.807) is 18.2 Å². The molecular formula is C19H15FN2O5. The van der Waals surface area contributed by atoms with Crippen LogP contribution in [0.1, 0.15) is 17.3 Å². The number of nitrogens with one attached hydrogen (secondary N) is 1. The molecule has 1 aliphatic heterocycles. The maximum atomic E-state index is 13.1. The van der Waals surface area contributed by atoms with Crippen LogP contribution in [0, 0.1) is 5.82 Å². The molecule has 0 aliphatic carbocycles. The number of hydrogen-bond acceptors (Lipinski definition) is 5. The Morgan fingerprint density at radius 3 is 2.63 bits per heavy atom. The Morgan fingerprint density at radius 2 is 1.89 bits per heavy atom. The van der Waals surface area contributed by atoms with E-state index in [-0.39, 0.29) is 11.3 Å². The fourth-order valence-corrected chi connectivity index (χ4v) is 2.63. The molecule has 7 nitrogen and oxygen atoms in total. The Hall–Kier alpha value is -3.55. The third-order valence-electron chi connectivity index (χ3n) is 3.94. The van der Waals surface area contributed by atoms with E-state index in [9.17, 15) is 23.6 Å². The van der Waals surface area contributed by atoms with Gasteiger partial charge in [0.2, 0.25) is 0 Å². The highest BCUT2D eigenvalue weighted by Crippen LogP contribution is 2.28. The quantitative estimate of drug-likeness (QED) is 0.641. The van der Waals surface area contributed by atoms with Crippen molar-refractivity contribution in [1.29, 1.82) is 0 Å². The number of Topliss-reactive ketones (excluding diaryl/α,β-unsaturated/α-hetero) is 1. The lowest BCUT2D eigenvalue weighted by Gasteiger charge is -2.18. The van der Waals surface area contributed by atoms with Crippen LogP contribution in [-0.4, -0.2) is 36.2 Å². The molecule has 27 heavy (non-hydrogen) atoms. The van der Waals surface area contributed by atoms with Crippen molar-refractivity contribution in [2.75, 3.05) is 16.8 Å². The second kappa shape index (κ2) is 7.36. The van der Waals surface area contributed by atoms with Crippen molar-refractivity contribution >= 4 is 34.9 Å². The SMILES string of the molecule is C[C@H](OC(=O)CN1C(=O)C(=O)c2ccccc21)C(=O)Nc1cccc(F)c1. The van der Waals surface area contributed by atoms with Gasteiger partial charge >= 0.3 is 5.97 Å². The van der Waals surface area contributed by atoms with Crippen LogP contribution in [0.3, 0.4) is 0 Å². The number of ether oxygens (including phenoxy) is 1. The number of anilines is 2. The van der Waals surface area contributed by atoms with Gasteiger partial charge in [-0.1, -0.05) is 18.2 Å². The molecule has 0 fully saturated rings. The van der Waals surface area contributed by atoms with Crippen molar-refractivity contribution in [2.45, 2.75) is 13.0 Å². The number of halogens is 1. The van der Waals surface area contributed by atoms with E-state index in [2.05, 4.69) is 5.32 Å². The molecule has 1 atom stereocenters. The minimum atomic E-state index is -1.18. The van der Waals surface area contributed by atoms with E-state index in [0.29, 0.717) is 5.69 Å². The Balaban J connectivity index is 1.61. The molecule has 0 saturated heterocycles. The summed E-state index contributed by atoms with van der Waals surface area (Å²) in [6.45, 7) is 0.844. The summed E-state index contributed by atoms with van der Waals surface area (Å²) in [5, 5.41) is 2.42. The van der Waals surface area contributed by atoms with Gasteiger partial charge in [0.1, 0.15) is 12.4 Å². The zero-order chi connectivity index (χ0) is 19.6. The summed E-state index contributed by atoms with van der Waals surface area (Å²) >= 11 is 0. The van der Waals surface area contributed by atoms with Gasteiger partial charge in [-0.25, -0.2) is 4.39 Å². The van der Waals surface area contributed by atoms with Gasteiger partial charge in [-0.2, -0.15) is 0 Å². The first-order valence-corrected chi connectivity index (χ1v) is 8.08. The van der Waals surface area contributed by atoms with E-state index in [1.807, 2.05) is 0 Å². The number of carbonyl (C=O) groups is 4. The molecule has 0 bridgehead atoms. The maximum absolute atomic E-state index is 13.1. The molecule has 0 saturated carbocycles. The average Bonchev–Trinajstić information content (AvgIpc) is 2.87. The van der Waals surface area contributed by atoms with Crippen LogP contribution < -0.4 is 10.2 Å². The van der Waals surface area contributed by atoms with Crippen molar-refractivity contribution in [1.82, 2.24) is 0 Å². The fourth-order valence-electron chi connectivity index (χ4n) is 2.63. The second-order valence-corrected chi connectivity index (χ2v) is 5.87. The highest BCUT2D eigenvalue weighted by molar-refractivity contribution is 6.52. The summed E-state index contributed by atoms with van der Waals surface area (Å²) in [6, 6.07) is 11.6. The standard InChI is InChI=1S/C19H15FN2O5/c1-11(18(25)21-13-6-4-5-12(20)9-13)27-16(23)10-22-15-8-3-2-7-14(15)17(24)19(22)26/h2-9,11H,10H2,1H3,(H,21,25)/t11-/m0/s1. The summed E-state index contributed by atoms with van der Waals surface area (Å²) in [5.74, 6) is -3.55. The van der Waals surface area contributed by atoms with Gasteiger partial charge < -0.3 is 10.1 Å². The molecule has 2 aromatic carbocycles. The summed E-state index contributed by atoms with van der Waals surface area (Å²) in [7, 11) is 0. The van der Waals surface area contributed by atoms with Crippen LogP contribution in [0.4, 0.5) is 15.8 Å². The van der Waals surface area contributed by atoms with E-state index in [1.165, 1.54) is 31.2 Å². The van der Waals surface area contributed by atoms with E-state index in [4.69, 9.17) is 4.74 Å². The van der Waals surface area contributed by atoms with Crippen molar-refractivity contribution in [3.8, 4) is 0 Å². The maximum Gasteiger partial charge on any atom is 0.326 e. The van der Waals surface area contributed by atoms with E-state index < -0.39 is 42.0 Å². The molecule has 0 radical (unpaired) electrons. The van der Waals surface area contributed by atoms with Crippen LogP contribution in [0.5, 0.6) is 0 Å². The highest BCUT2D eigenvalue weighted by atomic mass is 19.1. The molecular weight excluding hydrogens is 355 g/mol. The lowest BCUT2D eigenvalue weighted by Crippen LogP contribution is -2.38. The molecule has 3 rings (SSSR count). The van der Waals surface area contributed by atoms with E-state index in [0.717, 1.165) is 11.0 Å². The molecule has 1 aliphatic rings. The monoisotopic (exact) mass is 370 g/mol. The number of ketones is 1. The van der Waals surface area contributed by atoms with Gasteiger partial charge in [-0.3, -0.25) is 24.1 Å². The Bertz CT molecular complexity index is 943. The minimum Gasteiger partial charge on any atom is -0.451 e. The van der Waals surface area contributed by atoms with Crippen molar-refractivity contribution in [2.24, 2.45) is 0 Å². The van der Waals surface area contributed by atoms with Crippen LogP contribution in [0.2, 0.25) is 0 Å². The molecule has 1 N–H and O–H groups in total. The van der Waals surface area contributed by atoms with Crippen LogP contribution >= 0.6 is 0 Å². The summed E-state index contributed by atoms with van der Waals surface area (Å²) in [5.41, 5.74) is 0.755. The topological polar surface area (TPSA) is 92.8 Å². The van der Waals surface area contributed by atoms with Gasteiger partial charge in [-0.15, -0.1) is 0 Å². The summed E-state index contributed by atoms with van der Waals surface area (Å²) < 4.78 is 18.2. The third-order valence-corrected chi connectivity index (χ3v) is 3.94. The minimum absolute atomic E-state index is 0.215. The summed E-state index contributed by atoms with van der Waals surface area (Å²) in [6.07, 6.45) is -1.18. The van der Waals surface area contributed by atoms with Gasteiger partial charge in [0.25, 0.3) is 17.6 Å². The van der Waals surface area contributed by atoms with Gasteiger partial charge in [0, 0.05) is 5.69 Å². The first-order valence-electron chi connectivity index (χ1n) is 8.08. The van der Waals surface area contributed by atoms with Crippen LogP contribution in [-0.2, 0) is 19.1 Å². The molecule has 0 aromatic heterocycles. The highest BCUT2D eigenvalue weighted by Gasteiger charge is 2.37. The molecule has 0 spiro atoms. The van der Waals surface area contributed by atoms with Crippen molar-refractivity contribution in [3.05, 3.63) is 59.9 Å².